The second-order valence-corrected chi connectivity index (χ2v) is 5.66. The standard InChI is InChI=1S/C16H20N4O4/c1-23-13-5-3-2-4-12(13)17-10-14(21)20-8-6-11(7-9-20)15-18-19-16(22)24-15/h2-5,11,17H,6-10H2,1H3,(H,19,22). The smallest absolute Gasteiger partial charge is 0.434 e. The molecule has 1 aliphatic rings. The number of carbonyl (C=O) groups is 1. The highest BCUT2D eigenvalue weighted by molar-refractivity contribution is 5.81. The van der Waals surface area contributed by atoms with Crippen molar-refractivity contribution in [1.82, 2.24) is 15.1 Å². The number of amides is 1. The minimum Gasteiger partial charge on any atom is -0.495 e. The Labute approximate surface area is 138 Å². The summed E-state index contributed by atoms with van der Waals surface area (Å²) in [5.41, 5.74) is 0.793. The topological polar surface area (TPSA) is 100 Å². The fourth-order valence-electron chi connectivity index (χ4n) is 2.87. The zero-order valence-electron chi connectivity index (χ0n) is 13.4. The van der Waals surface area contributed by atoms with E-state index in [0.29, 0.717) is 24.7 Å². The number of benzene rings is 1. The van der Waals surface area contributed by atoms with Gasteiger partial charge in [-0.2, -0.15) is 0 Å². The number of nitrogens with zero attached hydrogens (tertiary/aromatic N) is 2. The number of para-hydroxylation sites is 2. The Morgan fingerprint density at radius 3 is 2.83 bits per heavy atom. The molecule has 1 fully saturated rings. The predicted octanol–water partition coefficient (Wildman–Crippen LogP) is 1.19. The van der Waals surface area contributed by atoms with E-state index in [4.69, 9.17) is 9.15 Å². The first-order valence-electron chi connectivity index (χ1n) is 7.87. The molecule has 0 atom stereocenters. The van der Waals surface area contributed by atoms with Crippen molar-refractivity contribution in [2.45, 2.75) is 18.8 Å². The maximum absolute atomic E-state index is 12.3. The number of methoxy groups -OCH3 is 1. The van der Waals surface area contributed by atoms with Gasteiger partial charge in [0.1, 0.15) is 5.75 Å². The van der Waals surface area contributed by atoms with Crippen molar-refractivity contribution in [2.75, 3.05) is 32.1 Å². The molecule has 1 aromatic carbocycles. The van der Waals surface area contributed by atoms with E-state index >= 15 is 0 Å². The second-order valence-electron chi connectivity index (χ2n) is 5.66. The number of hydrogen-bond acceptors (Lipinski definition) is 6. The zero-order chi connectivity index (χ0) is 16.9. The van der Waals surface area contributed by atoms with Crippen molar-refractivity contribution in [3.63, 3.8) is 0 Å². The van der Waals surface area contributed by atoms with Gasteiger partial charge in [-0.3, -0.25) is 4.79 Å². The van der Waals surface area contributed by atoms with Crippen LogP contribution in [0.1, 0.15) is 24.7 Å². The average Bonchev–Trinajstić information content (AvgIpc) is 3.06. The molecule has 0 unspecified atom stereocenters. The first kappa shape index (κ1) is 16.1. The monoisotopic (exact) mass is 332 g/mol. The number of H-pyrrole nitrogens is 1. The summed E-state index contributed by atoms with van der Waals surface area (Å²) in [6, 6.07) is 7.48. The van der Waals surface area contributed by atoms with E-state index < -0.39 is 5.76 Å². The molecule has 1 amide bonds. The molecular formula is C16H20N4O4. The van der Waals surface area contributed by atoms with Crippen LogP contribution in [-0.2, 0) is 4.79 Å². The fourth-order valence-corrected chi connectivity index (χ4v) is 2.87. The molecule has 8 nitrogen and oxygen atoms in total. The Morgan fingerprint density at radius 2 is 2.17 bits per heavy atom. The number of piperidine rings is 1. The van der Waals surface area contributed by atoms with E-state index in [1.54, 1.807) is 7.11 Å². The van der Waals surface area contributed by atoms with Gasteiger partial charge in [0, 0.05) is 19.0 Å². The third-order valence-corrected chi connectivity index (χ3v) is 4.19. The highest BCUT2D eigenvalue weighted by Gasteiger charge is 2.26. The summed E-state index contributed by atoms with van der Waals surface area (Å²) >= 11 is 0. The molecule has 2 N–H and O–H groups in total. The predicted molar refractivity (Wildman–Crippen MR) is 87.2 cm³/mol. The van der Waals surface area contributed by atoms with Gasteiger partial charge in [-0.1, -0.05) is 12.1 Å². The van der Waals surface area contributed by atoms with Crippen LogP contribution in [0.25, 0.3) is 0 Å². The highest BCUT2D eigenvalue weighted by atomic mass is 16.5. The zero-order valence-corrected chi connectivity index (χ0v) is 13.4. The van der Waals surface area contributed by atoms with Gasteiger partial charge >= 0.3 is 5.76 Å². The Kier molecular flexibility index (Phi) is 4.83. The molecule has 0 spiro atoms. The number of ether oxygens (including phenoxy) is 1. The quantitative estimate of drug-likeness (QED) is 0.853. The molecule has 3 rings (SSSR count). The Morgan fingerprint density at radius 1 is 1.42 bits per heavy atom. The highest BCUT2D eigenvalue weighted by Crippen LogP contribution is 2.26. The third-order valence-electron chi connectivity index (χ3n) is 4.19. The summed E-state index contributed by atoms with van der Waals surface area (Å²) in [6.07, 6.45) is 1.46. The minimum atomic E-state index is -0.537. The molecular weight excluding hydrogens is 312 g/mol. The van der Waals surface area contributed by atoms with Crippen LogP contribution in [0.4, 0.5) is 5.69 Å². The average molecular weight is 332 g/mol. The van der Waals surface area contributed by atoms with Gasteiger partial charge in [0.2, 0.25) is 11.8 Å². The fraction of sp³-hybridized carbons (Fsp3) is 0.438. The van der Waals surface area contributed by atoms with Gasteiger partial charge in [-0.05, 0) is 25.0 Å². The molecule has 2 heterocycles. The Bertz CT molecular complexity index is 746. The van der Waals surface area contributed by atoms with Crippen LogP contribution in [0.15, 0.2) is 33.5 Å². The van der Waals surface area contributed by atoms with Crippen LogP contribution in [0, 0.1) is 0 Å². The van der Waals surface area contributed by atoms with Gasteiger partial charge < -0.3 is 19.4 Å². The van der Waals surface area contributed by atoms with Crippen molar-refractivity contribution in [3.8, 4) is 5.75 Å². The van der Waals surface area contributed by atoms with Gasteiger partial charge in [0.25, 0.3) is 0 Å². The van der Waals surface area contributed by atoms with Crippen LogP contribution >= 0.6 is 0 Å². The third kappa shape index (κ3) is 3.58. The molecule has 2 aromatic rings. The maximum Gasteiger partial charge on any atom is 0.434 e. The molecule has 0 saturated carbocycles. The summed E-state index contributed by atoms with van der Waals surface area (Å²) in [5.74, 6) is 0.708. The summed E-state index contributed by atoms with van der Waals surface area (Å²) in [5, 5.41) is 9.26. The number of anilines is 1. The largest absolute Gasteiger partial charge is 0.495 e. The van der Waals surface area contributed by atoms with E-state index in [2.05, 4.69) is 15.5 Å². The molecule has 1 aromatic heterocycles. The Hall–Kier alpha value is -2.77. The number of carbonyl (C=O) groups excluding carboxylic acids is 1. The number of aromatic amines is 1. The van der Waals surface area contributed by atoms with E-state index in [1.807, 2.05) is 29.2 Å². The molecule has 1 saturated heterocycles. The first-order valence-corrected chi connectivity index (χ1v) is 7.87. The van der Waals surface area contributed by atoms with Crippen molar-refractivity contribution in [2.24, 2.45) is 0 Å². The number of likely N-dealkylation sites (tertiary alicyclic amines) is 1. The molecule has 24 heavy (non-hydrogen) atoms. The molecule has 8 heteroatoms. The van der Waals surface area contributed by atoms with Crippen LogP contribution in [0.2, 0.25) is 0 Å². The van der Waals surface area contributed by atoms with Gasteiger partial charge in [0.15, 0.2) is 0 Å². The normalized spacial score (nSPS) is 15.3. The van der Waals surface area contributed by atoms with Crippen LogP contribution in [0.3, 0.4) is 0 Å². The lowest BCUT2D eigenvalue weighted by Gasteiger charge is -2.30. The lowest BCUT2D eigenvalue weighted by Crippen LogP contribution is -2.41. The molecule has 1 aliphatic heterocycles. The van der Waals surface area contributed by atoms with E-state index in [9.17, 15) is 9.59 Å². The summed E-state index contributed by atoms with van der Waals surface area (Å²) in [4.78, 5) is 25.2. The van der Waals surface area contributed by atoms with Crippen LogP contribution in [0.5, 0.6) is 5.75 Å². The van der Waals surface area contributed by atoms with Crippen LogP contribution < -0.4 is 15.8 Å². The number of nitrogens with one attached hydrogen (secondary N) is 2. The first-order chi connectivity index (χ1) is 11.7. The SMILES string of the molecule is COc1ccccc1NCC(=O)N1CCC(c2n[nH]c(=O)o2)CC1. The van der Waals surface area contributed by atoms with E-state index in [0.717, 1.165) is 18.5 Å². The van der Waals surface area contributed by atoms with E-state index in [-0.39, 0.29) is 18.4 Å². The molecule has 0 aliphatic carbocycles. The lowest BCUT2D eigenvalue weighted by molar-refractivity contribution is -0.130. The molecule has 0 radical (unpaired) electrons. The number of aromatic nitrogens is 2. The van der Waals surface area contributed by atoms with Crippen LogP contribution in [-0.4, -0.2) is 47.7 Å². The lowest BCUT2D eigenvalue weighted by atomic mass is 9.97. The van der Waals surface area contributed by atoms with Crippen molar-refractivity contribution >= 4 is 11.6 Å². The van der Waals surface area contributed by atoms with Crippen molar-refractivity contribution in [3.05, 3.63) is 40.7 Å². The summed E-state index contributed by atoms with van der Waals surface area (Å²) in [7, 11) is 1.60. The van der Waals surface area contributed by atoms with Crippen molar-refractivity contribution < 1.29 is 13.9 Å². The minimum absolute atomic E-state index is 0.0304. The number of rotatable bonds is 5. The summed E-state index contributed by atoms with van der Waals surface area (Å²) in [6.45, 7) is 1.45. The van der Waals surface area contributed by atoms with Gasteiger partial charge in [-0.25, -0.2) is 9.89 Å². The maximum atomic E-state index is 12.3. The molecule has 128 valence electrons. The van der Waals surface area contributed by atoms with E-state index in [1.165, 1.54) is 0 Å². The summed E-state index contributed by atoms with van der Waals surface area (Å²) < 4.78 is 10.3. The van der Waals surface area contributed by atoms with Gasteiger partial charge in [-0.15, -0.1) is 5.10 Å². The Balaban J connectivity index is 1.51. The van der Waals surface area contributed by atoms with Crippen molar-refractivity contribution in [1.29, 1.82) is 0 Å². The number of hydrogen-bond donors (Lipinski definition) is 2. The van der Waals surface area contributed by atoms with Gasteiger partial charge in [0.05, 0.1) is 19.3 Å². The molecule has 0 bridgehead atoms. The second kappa shape index (κ2) is 7.20.